The molecule has 2 aromatic rings. The van der Waals surface area contributed by atoms with Gasteiger partial charge in [0.2, 0.25) is 0 Å². The summed E-state index contributed by atoms with van der Waals surface area (Å²) >= 11 is 17.0. The molecular formula is C21H24Cl2N2O3S. The van der Waals surface area contributed by atoms with Gasteiger partial charge in [0.05, 0.1) is 13.7 Å². The van der Waals surface area contributed by atoms with Gasteiger partial charge in [0.1, 0.15) is 0 Å². The number of thiocarbonyl (C=S) groups is 1. The Morgan fingerprint density at radius 1 is 1.10 bits per heavy atom. The van der Waals surface area contributed by atoms with Gasteiger partial charge in [-0.1, -0.05) is 43.1 Å². The average Bonchev–Trinajstić information content (AvgIpc) is 2.65. The summed E-state index contributed by atoms with van der Waals surface area (Å²) in [5.41, 5.74) is 1.26. The van der Waals surface area contributed by atoms with E-state index in [-0.39, 0.29) is 5.11 Å². The van der Waals surface area contributed by atoms with Gasteiger partial charge in [-0.25, -0.2) is 0 Å². The van der Waals surface area contributed by atoms with Crippen molar-refractivity contribution in [3.05, 3.63) is 57.6 Å². The Morgan fingerprint density at radius 2 is 1.79 bits per heavy atom. The zero-order valence-electron chi connectivity index (χ0n) is 16.6. The number of hydrogen-bond donors (Lipinski definition) is 2. The van der Waals surface area contributed by atoms with Gasteiger partial charge in [-0.3, -0.25) is 10.1 Å². The predicted molar refractivity (Wildman–Crippen MR) is 121 cm³/mol. The lowest BCUT2D eigenvalue weighted by atomic mass is 10.1. The summed E-state index contributed by atoms with van der Waals surface area (Å²) in [6, 6.07) is 10.3. The van der Waals surface area contributed by atoms with Crippen LogP contribution in [0.3, 0.4) is 0 Å². The van der Waals surface area contributed by atoms with Crippen LogP contribution in [-0.4, -0.2) is 24.7 Å². The van der Waals surface area contributed by atoms with E-state index in [2.05, 4.69) is 24.5 Å². The van der Waals surface area contributed by atoms with Crippen molar-refractivity contribution in [1.82, 2.24) is 10.6 Å². The molecule has 0 aliphatic rings. The van der Waals surface area contributed by atoms with E-state index in [9.17, 15) is 4.79 Å². The first kappa shape index (κ1) is 23.3. The lowest BCUT2D eigenvalue weighted by molar-refractivity contribution is 0.0976. The number of nitrogens with one attached hydrogen (secondary N) is 2. The minimum Gasteiger partial charge on any atom is -0.493 e. The van der Waals surface area contributed by atoms with E-state index < -0.39 is 5.91 Å². The summed E-state index contributed by atoms with van der Waals surface area (Å²) in [5.74, 6) is 1.53. The summed E-state index contributed by atoms with van der Waals surface area (Å²) in [6.45, 7) is 5.35. The largest absolute Gasteiger partial charge is 0.493 e. The molecule has 0 aliphatic heterocycles. The average molecular weight is 455 g/mol. The minimum absolute atomic E-state index is 0.197. The highest BCUT2D eigenvalue weighted by atomic mass is 35.5. The van der Waals surface area contributed by atoms with Crippen LogP contribution in [0.5, 0.6) is 11.5 Å². The maximum atomic E-state index is 12.3. The molecule has 0 saturated heterocycles. The van der Waals surface area contributed by atoms with Crippen LogP contribution in [0.2, 0.25) is 10.0 Å². The number of carbonyl (C=O) groups excluding carboxylic acids is 1. The Hall–Kier alpha value is -2.02. The van der Waals surface area contributed by atoms with E-state index in [0.717, 1.165) is 12.0 Å². The molecule has 0 aliphatic carbocycles. The van der Waals surface area contributed by atoms with Crippen LogP contribution >= 0.6 is 35.4 Å². The second kappa shape index (κ2) is 11.2. The molecular weight excluding hydrogens is 431 g/mol. The Bertz CT molecular complexity index is 855. The maximum absolute atomic E-state index is 12.3. The third-order valence-electron chi connectivity index (χ3n) is 3.99. The molecule has 156 valence electrons. The number of amides is 1. The van der Waals surface area contributed by atoms with E-state index in [1.807, 2.05) is 18.2 Å². The van der Waals surface area contributed by atoms with Crippen LogP contribution in [0.15, 0.2) is 36.4 Å². The van der Waals surface area contributed by atoms with E-state index in [0.29, 0.717) is 46.2 Å². The van der Waals surface area contributed by atoms with E-state index in [1.165, 1.54) is 12.1 Å². The van der Waals surface area contributed by atoms with Crippen LogP contribution in [0.25, 0.3) is 0 Å². The number of hydrogen-bond acceptors (Lipinski definition) is 4. The Kier molecular flexibility index (Phi) is 9.01. The lowest BCUT2D eigenvalue weighted by Gasteiger charge is -2.14. The summed E-state index contributed by atoms with van der Waals surface area (Å²) in [4.78, 5) is 12.3. The fourth-order valence-electron chi connectivity index (χ4n) is 2.43. The molecule has 0 fully saturated rings. The molecule has 5 nitrogen and oxygen atoms in total. The van der Waals surface area contributed by atoms with Crippen LogP contribution in [0.4, 0.5) is 0 Å². The molecule has 1 amide bonds. The SMILES string of the molecule is COc1cc(CNC(=S)NC(=O)c2cc(Cl)cc(Cl)c2)ccc1OCCC(C)C. The second-order valence-corrected chi connectivity index (χ2v) is 8.09. The number of methoxy groups -OCH3 is 1. The molecule has 0 bridgehead atoms. The van der Waals surface area contributed by atoms with Crippen molar-refractivity contribution in [2.24, 2.45) is 5.92 Å². The zero-order valence-corrected chi connectivity index (χ0v) is 18.9. The predicted octanol–water partition coefficient (Wildman–Crippen LogP) is 5.23. The van der Waals surface area contributed by atoms with Gasteiger partial charge in [0.15, 0.2) is 16.6 Å². The molecule has 0 spiro atoms. The van der Waals surface area contributed by atoms with Gasteiger partial charge in [0, 0.05) is 22.2 Å². The molecule has 8 heteroatoms. The molecule has 2 rings (SSSR count). The summed E-state index contributed by atoms with van der Waals surface area (Å²) in [6.07, 6.45) is 0.971. The fourth-order valence-corrected chi connectivity index (χ4v) is 3.12. The first-order valence-electron chi connectivity index (χ1n) is 9.13. The number of ether oxygens (including phenoxy) is 2. The summed E-state index contributed by atoms with van der Waals surface area (Å²) < 4.78 is 11.2. The van der Waals surface area contributed by atoms with Crippen molar-refractivity contribution in [2.45, 2.75) is 26.8 Å². The van der Waals surface area contributed by atoms with Crippen LogP contribution in [0, 0.1) is 5.92 Å². The Morgan fingerprint density at radius 3 is 2.41 bits per heavy atom. The maximum Gasteiger partial charge on any atom is 0.257 e. The van der Waals surface area contributed by atoms with E-state index in [1.54, 1.807) is 13.2 Å². The monoisotopic (exact) mass is 454 g/mol. The number of rotatable bonds is 8. The molecule has 0 aromatic heterocycles. The third kappa shape index (κ3) is 7.72. The summed E-state index contributed by atoms with van der Waals surface area (Å²) in [5, 5.41) is 6.56. The quantitative estimate of drug-likeness (QED) is 0.534. The van der Waals surface area contributed by atoms with Gasteiger partial charge in [-0.15, -0.1) is 0 Å². The fraction of sp³-hybridized carbons (Fsp3) is 0.333. The number of halogens is 2. The van der Waals surface area contributed by atoms with Crippen molar-refractivity contribution in [2.75, 3.05) is 13.7 Å². The molecule has 2 N–H and O–H groups in total. The highest BCUT2D eigenvalue weighted by molar-refractivity contribution is 7.80. The number of benzene rings is 2. The van der Waals surface area contributed by atoms with E-state index in [4.69, 9.17) is 44.9 Å². The smallest absolute Gasteiger partial charge is 0.257 e. The van der Waals surface area contributed by atoms with Gasteiger partial charge in [-0.2, -0.15) is 0 Å². The van der Waals surface area contributed by atoms with Gasteiger partial charge in [0.25, 0.3) is 5.91 Å². The third-order valence-corrected chi connectivity index (χ3v) is 4.67. The van der Waals surface area contributed by atoms with Crippen LogP contribution < -0.4 is 20.1 Å². The normalized spacial score (nSPS) is 10.6. The van der Waals surface area contributed by atoms with Crippen molar-refractivity contribution < 1.29 is 14.3 Å². The van der Waals surface area contributed by atoms with Gasteiger partial charge < -0.3 is 14.8 Å². The van der Waals surface area contributed by atoms with Crippen molar-refractivity contribution >= 4 is 46.4 Å². The highest BCUT2D eigenvalue weighted by Gasteiger charge is 2.11. The van der Waals surface area contributed by atoms with Gasteiger partial charge in [-0.05, 0) is 60.5 Å². The van der Waals surface area contributed by atoms with Crippen LogP contribution in [0.1, 0.15) is 36.2 Å². The molecule has 0 heterocycles. The summed E-state index contributed by atoms with van der Waals surface area (Å²) in [7, 11) is 1.60. The minimum atomic E-state index is -0.390. The number of carbonyl (C=O) groups is 1. The Balaban J connectivity index is 1.91. The van der Waals surface area contributed by atoms with Crippen molar-refractivity contribution in [1.29, 1.82) is 0 Å². The zero-order chi connectivity index (χ0) is 21.4. The molecule has 2 aromatic carbocycles. The van der Waals surface area contributed by atoms with E-state index >= 15 is 0 Å². The first-order valence-corrected chi connectivity index (χ1v) is 10.3. The molecule has 0 atom stereocenters. The molecule has 29 heavy (non-hydrogen) atoms. The lowest BCUT2D eigenvalue weighted by Crippen LogP contribution is -2.38. The van der Waals surface area contributed by atoms with Gasteiger partial charge >= 0.3 is 0 Å². The molecule has 0 saturated carbocycles. The second-order valence-electron chi connectivity index (χ2n) is 6.81. The first-order chi connectivity index (χ1) is 13.8. The highest BCUT2D eigenvalue weighted by Crippen LogP contribution is 2.28. The van der Waals surface area contributed by atoms with Crippen molar-refractivity contribution in [3.8, 4) is 11.5 Å². The molecule has 0 unspecified atom stereocenters. The van der Waals surface area contributed by atoms with Crippen LogP contribution in [-0.2, 0) is 6.54 Å². The standard InChI is InChI=1S/C21H24Cl2N2O3S/c1-13(2)6-7-28-18-5-4-14(8-19(18)27-3)12-24-21(29)25-20(26)15-9-16(22)11-17(23)10-15/h4-5,8-11,13H,6-7,12H2,1-3H3,(H2,24,25,26,29). The molecule has 0 radical (unpaired) electrons. The Labute approximate surface area is 186 Å². The topological polar surface area (TPSA) is 59.6 Å². The van der Waals surface area contributed by atoms with Crippen molar-refractivity contribution in [3.63, 3.8) is 0 Å².